The summed E-state index contributed by atoms with van der Waals surface area (Å²) in [6, 6.07) is 13.3. The maximum Gasteiger partial charge on any atom is 0.254 e. The number of benzene rings is 2. The van der Waals surface area contributed by atoms with Crippen molar-refractivity contribution in [3.05, 3.63) is 81.0 Å². The standard InChI is InChI=1S/C22H20ClFN4O/c1-13-3-6-16(9-18(13)20(27)19(23)14(2)26)21(29)28-11-22(24,12-28)17-7-4-15(10-25)5-8-17/h3-9,27H,11-12,26H2,1-2H3. The molecule has 1 fully saturated rings. The van der Waals surface area contributed by atoms with E-state index in [2.05, 4.69) is 0 Å². The Morgan fingerprint density at radius 2 is 1.90 bits per heavy atom. The van der Waals surface area contributed by atoms with Crippen LogP contribution >= 0.6 is 11.6 Å². The average molecular weight is 411 g/mol. The van der Waals surface area contributed by atoms with Crippen molar-refractivity contribution >= 4 is 23.2 Å². The van der Waals surface area contributed by atoms with Crippen LogP contribution in [-0.2, 0) is 5.67 Å². The summed E-state index contributed by atoms with van der Waals surface area (Å²) >= 11 is 6.10. The van der Waals surface area contributed by atoms with Gasteiger partial charge in [-0.25, -0.2) is 4.39 Å². The van der Waals surface area contributed by atoms with Crippen LogP contribution in [-0.4, -0.2) is 29.6 Å². The van der Waals surface area contributed by atoms with Crippen LogP contribution in [0.3, 0.4) is 0 Å². The van der Waals surface area contributed by atoms with Crippen LogP contribution in [0.25, 0.3) is 0 Å². The first-order valence-electron chi connectivity index (χ1n) is 8.97. The lowest BCUT2D eigenvalue weighted by Crippen LogP contribution is -2.58. The van der Waals surface area contributed by atoms with Gasteiger partial charge in [0.15, 0.2) is 5.67 Å². The van der Waals surface area contributed by atoms with Crippen LogP contribution in [0.4, 0.5) is 4.39 Å². The third kappa shape index (κ3) is 3.87. The molecule has 0 aromatic heterocycles. The van der Waals surface area contributed by atoms with Gasteiger partial charge in [0.2, 0.25) is 0 Å². The van der Waals surface area contributed by atoms with E-state index in [0.29, 0.717) is 28.0 Å². The molecule has 5 nitrogen and oxygen atoms in total. The maximum atomic E-state index is 15.1. The van der Waals surface area contributed by atoms with Crippen LogP contribution < -0.4 is 5.73 Å². The van der Waals surface area contributed by atoms with E-state index in [1.54, 1.807) is 49.4 Å². The number of carbonyl (C=O) groups is 1. The number of rotatable bonds is 4. The van der Waals surface area contributed by atoms with E-state index in [1.165, 1.54) is 4.90 Å². The number of allylic oxidation sites excluding steroid dienone is 2. The molecule has 2 aromatic carbocycles. The summed E-state index contributed by atoms with van der Waals surface area (Å²) in [5.74, 6) is -0.314. The third-order valence-corrected chi connectivity index (χ3v) is 5.51. The lowest BCUT2D eigenvalue weighted by Gasteiger charge is -2.44. The summed E-state index contributed by atoms with van der Waals surface area (Å²) in [7, 11) is 0. The molecule has 0 atom stereocenters. The van der Waals surface area contributed by atoms with Gasteiger partial charge < -0.3 is 10.6 Å². The van der Waals surface area contributed by atoms with Gasteiger partial charge in [-0.05, 0) is 49.2 Å². The molecule has 0 aliphatic carbocycles. The monoisotopic (exact) mass is 410 g/mol. The second-order valence-electron chi connectivity index (χ2n) is 7.22. The number of likely N-dealkylation sites (tertiary alicyclic amines) is 1. The van der Waals surface area contributed by atoms with E-state index in [-0.39, 0.29) is 29.7 Å². The molecular formula is C22H20ClFN4O. The van der Waals surface area contributed by atoms with Gasteiger partial charge in [-0.1, -0.05) is 29.8 Å². The highest BCUT2D eigenvalue weighted by molar-refractivity contribution is 6.46. The average Bonchev–Trinajstić information content (AvgIpc) is 2.70. The normalized spacial score (nSPS) is 15.8. The minimum absolute atomic E-state index is 0.0415. The Kier molecular flexibility index (Phi) is 5.45. The molecular weight excluding hydrogens is 391 g/mol. The molecule has 1 heterocycles. The van der Waals surface area contributed by atoms with Crippen molar-refractivity contribution in [3.63, 3.8) is 0 Å². The van der Waals surface area contributed by atoms with Crippen LogP contribution in [0, 0.1) is 23.7 Å². The van der Waals surface area contributed by atoms with E-state index in [1.807, 2.05) is 13.0 Å². The van der Waals surface area contributed by atoms with E-state index in [9.17, 15) is 4.79 Å². The number of alkyl halides is 1. The Morgan fingerprint density at radius 1 is 1.28 bits per heavy atom. The van der Waals surface area contributed by atoms with Crippen molar-refractivity contribution in [2.24, 2.45) is 5.73 Å². The first kappa shape index (κ1) is 20.6. The molecule has 148 valence electrons. The largest absolute Gasteiger partial charge is 0.401 e. The number of hydrogen-bond acceptors (Lipinski definition) is 4. The minimum Gasteiger partial charge on any atom is -0.401 e. The third-order valence-electron chi connectivity index (χ3n) is 5.02. The first-order valence-corrected chi connectivity index (χ1v) is 9.34. The summed E-state index contributed by atoms with van der Waals surface area (Å²) in [6.45, 7) is 3.28. The molecule has 1 saturated heterocycles. The van der Waals surface area contributed by atoms with Gasteiger partial charge in [0, 0.05) is 16.8 Å². The highest BCUT2D eigenvalue weighted by Gasteiger charge is 2.47. The number of carbonyl (C=O) groups excluding carboxylic acids is 1. The molecule has 0 saturated carbocycles. The van der Waals surface area contributed by atoms with Gasteiger partial charge >= 0.3 is 0 Å². The second kappa shape index (κ2) is 7.69. The first-order chi connectivity index (χ1) is 13.7. The zero-order chi connectivity index (χ0) is 21.3. The quantitative estimate of drug-likeness (QED) is 0.746. The Morgan fingerprint density at radius 3 is 2.45 bits per heavy atom. The van der Waals surface area contributed by atoms with E-state index in [0.717, 1.165) is 5.56 Å². The molecule has 29 heavy (non-hydrogen) atoms. The van der Waals surface area contributed by atoms with E-state index >= 15 is 4.39 Å². The van der Waals surface area contributed by atoms with Gasteiger partial charge in [0.05, 0.1) is 35.5 Å². The van der Waals surface area contributed by atoms with Gasteiger partial charge in [0.1, 0.15) is 0 Å². The molecule has 3 rings (SSSR count). The number of halogens is 2. The minimum atomic E-state index is -1.63. The number of nitriles is 1. The highest BCUT2D eigenvalue weighted by atomic mass is 35.5. The molecule has 1 amide bonds. The topological polar surface area (TPSA) is 94.0 Å². The zero-order valence-electron chi connectivity index (χ0n) is 16.1. The number of amides is 1. The summed E-state index contributed by atoms with van der Waals surface area (Å²) < 4.78 is 15.1. The van der Waals surface area contributed by atoms with Crippen LogP contribution in [0.1, 0.15) is 39.5 Å². The summed E-state index contributed by atoms with van der Waals surface area (Å²) in [5, 5.41) is 17.2. The Balaban J connectivity index is 1.78. The molecule has 2 aromatic rings. The summed E-state index contributed by atoms with van der Waals surface area (Å²) in [5.41, 5.74) is 6.96. The lowest BCUT2D eigenvalue weighted by molar-refractivity contribution is -0.0231. The van der Waals surface area contributed by atoms with E-state index in [4.69, 9.17) is 28.0 Å². The van der Waals surface area contributed by atoms with Crippen molar-refractivity contribution in [2.75, 3.05) is 13.1 Å². The van der Waals surface area contributed by atoms with Crippen LogP contribution in [0.15, 0.2) is 53.2 Å². The number of nitrogens with two attached hydrogens (primary N) is 1. The Labute approximate surface area is 173 Å². The van der Waals surface area contributed by atoms with Crippen molar-refractivity contribution in [3.8, 4) is 6.07 Å². The fourth-order valence-electron chi connectivity index (χ4n) is 3.25. The smallest absolute Gasteiger partial charge is 0.254 e. The molecule has 1 aliphatic heterocycles. The van der Waals surface area contributed by atoms with Crippen molar-refractivity contribution in [1.29, 1.82) is 10.7 Å². The number of aryl methyl sites for hydroxylation is 1. The van der Waals surface area contributed by atoms with Crippen LogP contribution in [0.2, 0.25) is 0 Å². The fraction of sp³-hybridized carbons (Fsp3) is 0.227. The second-order valence-corrected chi connectivity index (χ2v) is 7.60. The molecule has 0 bridgehead atoms. The molecule has 1 aliphatic rings. The number of nitrogens with zero attached hydrogens (tertiary/aromatic N) is 2. The Bertz CT molecular complexity index is 1060. The van der Waals surface area contributed by atoms with Crippen molar-refractivity contribution in [1.82, 2.24) is 4.90 Å². The molecule has 0 radical (unpaired) electrons. The molecule has 3 N–H and O–H groups in total. The summed E-state index contributed by atoms with van der Waals surface area (Å²) in [6.07, 6.45) is 0. The SMILES string of the molecule is CC(N)=C(Cl)C(=N)c1cc(C(=O)N2CC(F)(c3ccc(C#N)cc3)C2)ccc1C. The number of hydrogen-bond donors (Lipinski definition) is 2. The Hall–Kier alpha value is -3.17. The molecule has 0 unspecified atom stereocenters. The lowest BCUT2D eigenvalue weighted by atomic mass is 9.87. The molecule has 7 heteroatoms. The predicted octanol–water partition coefficient (Wildman–Crippen LogP) is 3.98. The van der Waals surface area contributed by atoms with Crippen LogP contribution in [0.5, 0.6) is 0 Å². The van der Waals surface area contributed by atoms with Crippen molar-refractivity contribution < 1.29 is 9.18 Å². The molecule has 0 spiro atoms. The van der Waals surface area contributed by atoms with Gasteiger partial charge in [-0.2, -0.15) is 5.26 Å². The van der Waals surface area contributed by atoms with Gasteiger partial charge in [-0.15, -0.1) is 0 Å². The van der Waals surface area contributed by atoms with Crippen molar-refractivity contribution in [2.45, 2.75) is 19.5 Å². The fourth-order valence-corrected chi connectivity index (χ4v) is 3.35. The highest BCUT2D eigenvalue weighted by Crippen LogP contribution is 2.37. The zero-order valence-corrected chi connectivity index (χ0v) is 16.8. The summed E-state index contributed by atoms with van der Waals surface area (Å²) in [4.78, 5) is 14.2. The van der Waals surface area contributed by atoms with Gasteiger partial charge in [0.25, 0.3) is 5.91 Å². The number of nitrogens with one attached hydrogen (secondary N) is 1. The maximum absolute atomic E-state index is 15.1. The van der Waals surface area contributed by atoms with E-state index < -0.39 is 5.67 Å². The predicted molar refractivity (Wildman–Crippen MR) is 111 cm³/mol. The van der Waals surface area contributed by atoms with Gasteiger partial charge in [-0.3, -0.25) is 10.2 Å².